The molecule has 4 heteroatoms. The van der Waals surface area contributed by atoms with Crippen LogP contribution in [0, 0.1) is 0 Å². The van der Waals surface area contributed by atoms with Crippen molar-refractivity contribution < 1.29 is 14.6 Å². The van der Waals surface area contributed by atoms with E-state index in [0.717, 1.165) is 5.56 Å². The molecule has 2 aromatic rings. The Morgan fingerprint density at radius 3 is 2.42 bits per heavy atom. The molecule has 1 saturated heterocycles. The van der Waals surface area contributed by atoms with E-state index in [1.807, 2.05) is 36.4 Å². The molecule has 0 aromatic heterocycles. The number of carbonyl (C=O) groups excluding carboxylic acids is 1. The molecule has 1 aliphatic heterocycles. The number of benzene rings is 2. The van der Waals surface area contributed by atoms with Crippen LogP contribution in [0.25, 0.3) is 0 Å². The van der Waals surface area contributed by atoms with Crippen molar-refractivity contribution in [2.45, 2.75) is 50.4 Å². The third-order valence-electron chi connectivity index (χ3n) is 5.39. The van der Waals surface area contributed by atoms with Crippen molar-refractivity contribution in [3.8, 4) is 0 Å². The van der Waals surface area contributed by atoms with Crippen LogP contribution in [0.15, 0.2) is 54.6 Å². The summed E-state index contributed by atoms with van der Waals surface area (Å²) in [5.41, 5.74) is 3.48. The molecule has 2 aliphatic rings. The van der Waals surface area contributed by atoms with Crippen molar-refractivity contribution in [1.29, 1.82) is 0 Å². The van der Waals surface area contributed by atoms with E-state index < -0.39 is 0 Å². The number of ether oxygens (including phenoxy) is 1. The second-order valence-corrected chi connectivity index (χ2v) is 7.33. The number of hydrogen-bond acceptors (Lipinski definition) is 3. The monoisotopic (exact) mass is 351 g/mol. The first-order valence-corrected chi connectivity index (χ1v) is 9.46. The molecule has 2 fully saturated rings. The Kier molecular flexibility index (Phi) is 4.93. The molecule has 26 heavy (non-hydrogen) atoms. The molecule has 2 aromatic carbocycles. The summed E-state index contributed by atoms with van der Waals surface area (Å²) >= 11 is 0. The minimum Gasteiger partial charge on any atom is -0.445 e. The third kappa shape index (κ3) is 3.75. The predicted molar refractivity (Wildman–Crippen MR) is 99.7 cm³/mol. The minimum atomic E-state index is -0.370. The largest absolute Gasteiger partial charge is 0.445 e. The van der Waals surface area contributed by atoms with Crippen molar-refractivity contribution in [2.24, 2.45) is 0 Å². The van der Waals surface area contributed by atoms with E-state index in [-0.39, 0.29) is 24.8 Å². The molecule has 4 nitrogen and oxygen atoms in total. The van der Waals surface area contributed by atoms with Gasteiger partial charge in [-0.25, -0.2) is 4.79 Å². The number of nitrogens with zero attached hydrogens (tertiary/aromatic N) is 1. The first-order chi connectivity index (χ1) is 12.7. The minimum absolute atomic E-state index is 0.112. The maximum absolute atomic E-state index is 12.8. The number of carbonyl (C=O) groups is 1. The van der Waals surface area contributed by atoms with Gasteiger partial charge in [0.2, 0.25) is 0 Å². The Hall–Kier alpha value is -2.33. The summed E-state index contributed by atoms with van der Waals surface area (Å²) in [7, 11) is 0. The van der Waals surface area contributed by atoms with E-state index in [2.05, 4.69) is 18.2 Å². The fourth-order valence-corrected chi connectivity index (χ4v) is 3.84. The average Bonchev–Trinajstić information content (AvgIpc) is 3.52. The normalized spacial score (nSPS) is 22.9. The first-order valence-electron chi connectivity index (χ1n) is 9.46. The van der Waals surface area contributed by atoms with E-state index in [1.54, 1.807) is 4.90 Å². The van der Waals surface area contributed by atoms with Crippen LogP contribution in [-0.4, -0.2) is 28.7 Å². The molecule has 1 N–H and O–H groups in total. The lowest BCUT2D eigenvalue weighted by Crippen LogP contribution is -2.43. The van der Waals surface area contributed by atoms with Gasteiger partial charge in [-0.05, 0) is 48.3 Å². The molecule has 4 rings (SSSR count). The first kappa shape index (κ1) is 17.1. The summed E-state index contributed by atoms with van der Waals surface area (Å²) in [4.78, 5) is 14.6. The summed E-state index contributed by atoms with van der Waals surface area (Å²) in [6.07, 6.45) is 2.93. The number of hydrogen-bond donors (Lipinski definition) is 1. The van der Waals surface area contributed by atoms with Gasteiger partial charge in [0.25, 0.3) is 0 Å². The van der Waals surface area contributed by atoms with Crippen LogP contribution in [-0.2, 0) is 11.3 Å². The van der Waals surface area contributed by atoms with Crippen molar-refractivity contribution in [1.82, 2.24) is 4.90 Å². The fraction of sp³-hybridized carbons (Fsp3) is 0.409. The van der Waals surface area contributed by atoms with Crippen molar-refractivity contribution in [3.05, 3.63) is 71.3 Å². The quantitative estimate of drug-likeness (QED) is 0.888. The van der Waals surface area contributed by atoms with Crippen molar-refractivity contribution >= 4 is 6.09 Å². The van der Waals surface area contributed by atoms with Crippen LogP contribution >= 0.6 is 0 Å². The SMILES string of the molecule is O=C(OCc1ccccc1)N1CCC(O)CC1c1ccccc1C1CC1. The zero-order valence-electron chi connectivity index (χ0n) is 14.9. The summed E-state index contributed by atoms with van der Waals surface area (Å²) in [5, 5.41) is 10.2. The molecule has 0 radical (unpaired) electrons. The highest BCUT2D eigenvalue weighted by molar-refractivity contribution is 5.69. The van der Waals surface area contributed by atoms with Gasteiger partial charge in [0.1, 0.15) is 6.61 Å². The van der Waals surface area contributed by atoms with Gasteiger partial charge in [-0.3, -0.25) is 0 Å². The number of amides is 1. The van der Waals surface area contributed by atoms with Crippen LogP contribution < -0.4 is 0 Å². The number of aliphatic hydroxyl groups is 1. The summed E-state index contributed by atoms with van der Waals surface area (Å²) in [6, 6.07) is 18.0. The van der Waals surface area contributed by atoms with Crippen LogP contribution in [0.1, 0.15) is 54.3 Å². The molecular formula is C22H25NO3. The lowest BCUT2D eigenvalue weighted by molar-refractivity contribution is 0.0257. The van der Waals surface area contributed by atoms with Gasteiger partial charge in [-0.15, -0.1) is 0 Å². The smallest absolute Gasteiger partial charge is 0.410 e. The molecule has 0 bridgehead atoms. The second kappa shape index (κ2) is 7.50. The van der Waals surface area contributed by atoms with E-state index >= 15 is 0 Å². The summed E-state index contributed by atoms with van der Waals surface area (Å²) in [5.74, 6) is 0.604. The highest BCUT2D eigenvalue weighted by Crippen LogP contribution is 2.45. The Morgan fingerprint density at radius 1 is 1.00 bits per heavy atom. The van der Waals surface area contributed by atoms with Gasteiger partial charge in [0.05, 0.1) is 12.1 Å². The van der Waals surface area contributed by atoms with Gasteiger partial charge in [-0.1, -0.05) is 54.6 Å². The van der Waals surface area contributed by atoms with Gasteiger partial charge in [0.15, 0.2) is 0 Å². The summed E-state index contributed by atoms with van der Waals surface area (Å²) < 4.78 is 5.58. The third-order valence-corrected chi connectivity index (χ3v) is 5.39. The molecule has 1 aliphatic carbocycles. The zero-order chi connectivity index (χ0) is 17.9. The molecule has 2 atom stereocenters. The molecule has 2 unspecified atom stereocenters. The Balaban J connectivity index is 1.52. The van der Waals surface area contributed by atoms with Crippen LogP contribution in [0.3, 0.4) is 0 Å². The molecule has 1 amide bonds. The second-order valence-electron chi connectivity index (χ2n) is 7.33. The fourth-order valence-electron chi connectivity index (χ4n) is 3.84. The van der Waals surface area contributed by atoms with E-state index in [1.165, 1.54) is 24.0 Å². The predicted octanol–water partition coefficient (Wildman–Crippen LogP) is 4.40. The molecular weight excluding hydrogens is 326 g/mol. The van der Waals surface area contributed by atoms with Crippen LogP contribution in [0.2, 0.25) is 0 Å². The molecule has 1 heterocycles. The Morgan fingerprint density at radius 2 is 1.69 bits per heavy atom. The van der Waals surface area contributed by atoms with Crippen molar-refractivity contribution in [3.63, 3.8) is 0 Å². The zero-order valence-corrected chi connectivity index (χ0v) is 14.9. The Labute approximate surface area is 154 Å². The standard InChI is InChI=1S/C22H25NO3/c24-18-12-13-23(22(25)26-15-16-6-2-1-3-7-16)21(14-18)20-9-5-4-8-19(20)17-10-11-17/h1-9,17-18,21,24H,10-15H2. The van der Waals surface area contributed by atoms with Gasteiger partial charge >= 0.3 is 6.09 Å². The number of rotatable bonds is 4. The Bertz CT molecular complexity index is 757. The maximum atomic E-state index is 12.8. The summed E-state index contributed by atoms with van der Waals surface area (Å²) in [6.45, 7) is 0.800. The van der Waals surface area contributed by atoms with Gasteiger partial charge in [-0.2, -0.15) is 0 Å². The van der Waals surface area contributed by atoms with E-state index in [4.69, 9.17) is 4.74 Å². The maximum Gasteiger partial charge on any atom is 0.410 e. The molecule has 0 spiro atoms. The number of piperidine rings is 1. The molecule has 136 valence electrons. The highest BCUT2D eigenvalue weighted by Gasteiger charge is 2.36. The number of likely N-dealkylation sites (tertiary alicyclic amines) is 1. The average molecular weight is 351 g/mol. The molecule has 1 saturated carbocycles. The van der Waals surface area contributed by atoms with E-state index in [0.29, 0.717) is 25.3 Å². The number of aliphatic hydroxyl groups excluding tert-OH is 1. The van der Waals surface area contributed by atoms with Gasteiger partial charge < -0.3 is 14.7 Å². The lowest BCUT2D eigenvalue weighted by atomic mass is 9.89. The topological polar surface area (TPSA) is 49.8 Å². The van der Waals surface area contributed by atoms with Crippen LogP contribution in [0.4, 0.5) is 4.79 Å². The van der Waals surface area contributed by atoms with E-state index in [9.17, 15) is 9.90 Å². The lowest BCUT2D eigenvalue weighted by Gasteiger charge is -2.38. The highest BCUT2D eigenvalue weighted by atomic mass is 16.6. The van der Waals surface area contributed by atoms with Gasteiger partial charge in [0, 0.05) is 6.54 Å². The van der Waals surface area contributed by atoms with Crippen LogP contribution in [0.5, 0.6) is 0 Å². The van der Waals surface area contributed by atoms with Crippen molar-refractivity contribution in [2.75, 3.05) is 6.54 Å².